The smallest absolute Gasteiger partial charge is 0.267 e. The summed E-state index contributed by atoms with van der Waals surface area (Å²) in [5.74, 6) is 1.04. The van der Waals surface area contributed by atoms with E-state index in [9.17, 15) is 4.79 Å². The maximum absolute atomic E-state index is 13.5. The molecule has 0 radical (unpaired) electrons. The Morgan fingerprint density at radius 3 is 2.59 bits per heavy atom. The number of para-hydroxylation sites is 3. The molecule has 0 amide bonds. The number of aryl methyl sites for hydroxylation is 1. The lowest BCUT2D eigenvalue weighted by Gasteiger charge is -2.13. The minimum absolute atomic E-state index is 0.122. The summed E-state index contributed by atoms with van der Waals surface area (Å²) in [6.07, 6.45) is 0. The van der Waals surface area contributed by atoms with Gasteiger partial charge in [-0.3, -0.25) is 9.20 Å². The zero-order valence-electron chi connectivity index (χ0n) is 18.1. The van der Waals surface area contributed by atoms with E-state index in [1.165, 1.54) is 11.8 Å². The van der Waals surface area contributed by atoms with Gasteiger partial charge in [-0.2, -0.15) is 0 Å². The van der Waals surface area contributed by atoms with E-state index in [2.05, 4.69) is 21.2 Å². The topological polar surface area (TPSA) is 65.1 Å². The van der Waals surface area contributed by atoms with Crippen LogP contribution < -0.4 is 5.56 Å². The van der Waals surface area contributed by atoms with Gasteiger partial charge in [0.1, 0.15) is 5.15 Å². The van der Waals surface area contributed by atoms with Gasteiger partial charge in [0.25, 0.3) is 5.56 Å². The Hall–Kier alpha value is -3.68. The van der Waals surface area contributed by atoms with Crippen LogP contribution in [0.25, 0.3) is 33.3 Å². The number of rotatable bonds is 4. The molecule has 0 unspecified atom stereocenters. The molecule has 3 heterocycles. The van der Waals surface area contributed by atoms with Crippen molar-refractivity contribution in [3.05, 3.63) is 105 Å². The maximum atomic E-state index is 13.5. The zero-order chi connectivity index (χ0) is 23.2. The van der Waals surface area contributed by atoms with Gasteiger partial charge in [0.15, 0.2) is 5.16 Å². The Bertz CT molecular complexity index is 1780. The molecule has 0 aliphatic carbocycles. The van der Waals surface area contributed by atoms with Gasteiger partial charge in [-0.05, 0) is 42.8 Å². The van der Waals surface area contributed by atoms with Crippen molar-refractivity contribution in [2.75, 3.05) is 0 Å². The molecule has 0 atom stereocenters. The highest BCUT2D eigenvalue weighted by molar-refractivity contribution is 7.98. The van der Waals surface area contributed by atoms with Crippen LogP contribution in [0.3, 0.4) is 0 Å². The largest absolute Gasteiger partial charge is 0.268 e. The molecule has 3 aromatic heterocycles. The van der Waals surface area contributed by atoms with E-state index in [0.29, 0.717) is 27.2 Å². The van der Waals surface area contributed by atoms with Crippen molar-refractivity contribution in [3.63, 3.8) is 0 Å². The number of benzene rings is 3. The molecule has 166 valence electrons. The van der Waals surface area contributed by atoms with Crippen LogP contribution in [0.1, 0.15) is 11.1 Å². The molecule has 3 aromatic carbocycles. The number of halogens is 1. The molecule has 0 spiro atoms. The Morgan fingerprint density at radius 2 is 1.71 bits per heavy atom. The highest BCUT2D eigenvalue weighted by Crippen LogP contribution is 2.29. The lowest BCUT2D eigenvalue weighted by Crippen LogP contribution is -2.22. The van der Waals surface area contributed by atoms with E-state index >= 15 is 0 Å². The molecular weight excluding hydrogens is 466 g/mol. The fraction of sp³-hybridized carbons (Fsp3) is 0.0769. The Labute approximate surface area is 203 Å². The summed E-state index contributed by atoms with van der Waals surface area (Å²) >= 11 is 8.00. The lowest BCUT2D eigenvalue weighted by atomic mass is 10.2. The highest BCUT2D eigenvalue weighted by Gasteiger charge is 2.19. The predicted octanol–water partition coefficient (Wildman–Crippen LogP) is 5.84. The summed E-state index contributed by atoms with van der Waals surface area (Å²) in [7, 11) is 0. The SMILES string of the molecule is Cc1ccccc1-n1c(=O)c2ccccc2n2c(SCc3cc4ccccc4nc3Cl)nnc12. The maximum Gasteiger partial charge on any atom is 0.267 e. The quantitative estimate of drug-likeness (QED) is 0.233. The highest BCUT2D eigenvalue weighted by atomic mass is 35.5. The molecule has 6 rings (SSSR count). The normalized spacial score (nSPS) is 11.6. The van der Waals surface area contributed by atoms with E-state index in [0.717, 1.165) is 33.2 Å². The van der Waals surface area contributed by atoms with Crippen LogP contribution in [-0.4, -0.2) is 24.1 Å². The van der Waals surface area contributed by atoms with Crippen molar-refractivity contribution in [3.8, 4) is 5.69 Å². The van der Waals surface area contributed by atoms with Gasteiger partial charge in [-0.1, -0.05) is 71.9 Å². The van der Waals surface area contributed by atoms with E-state index in [1.54, 1.807) is 4.57 Å². The first-order valence-corrected chi connectivity index (χ1v) is 12.1. The standard InChI is InChI=1S/C26H18ClN5OS/c1-16-8-2-6-12-21(16)31-24(33)19-10-4-7-13-22(19)32-25(31)29-30-26(32)34-15-18-14-17-9-3-5-11-20(17)28-23(18)27/h2-14H,15H2,1H3. The fourth-order valence-corrected chi connectivity index (χ4v) is 5.39. The summed E-state index contributed by atoms with van der Waals surface area (Å²) in [5.41, 5.74) is 4.19. The minimum Gasteiger partial charge on any atom is -0.268 e. The van der Waals surface area contributed by atoms with Crippen molar-refractivity contribution in [2.24, 2.45) is 0 Å². The van der Waals surface area contributed by atoms with Gasteiger partial charge < -0.3 is 0 Å². The van der Waals surface area contributed by atoms with Crippen molar-refractivity contribution >= 4 is 50.9 Å². The predicted molar refractivity (Wildman–Crippen MR) is 137 cm³/mol. The minimum atomic E-state index is -0.122. The fourth-order valence-electron chi connectivity index (χ4n) is 4.18. The number of thioether (sulfide) groups is 1. The number of hydrogen-bond acceptors (Lipinski definition) is 5. The number of aromatic nitrogens is 5. The second kappa shape index (κ2) is 8.27. The average molecular weight is 484 g/mol. The monoisotopic (exact) mass is 483 g/mol. The summed E-state index contributed by atoms with van der Waals surface area (Å²) in [5, 5.41) is 11.7. The zero-order valence-corrected chi connectivity index (χ0v) is 19.7. The number of nitrogens with zero attached hydrogens (tertiary/aromatic N) is 5. The third-order valence-electron chi connectivity index (χ3n) is 5.86. The summed E-state index contributed by atoms with van der Waals surface area (Å²) in [4.78, 5) is 18.0. The van der Waals surface area contributed by atoms with Crippen LogP contribution in [0.15, 0.2) is 88.8 Å². The molecule has 8 heteroatoms. The van der Waals surface area contributed by atoms with Crippen molar-refractivity contribution in [1.29, 1.82) is 0 Å². The van der Waals surface area contributed by atoms with Gasteiger partial charge in [0.2, 0.25) is 5.78 Å². The lowest BCUT2D eigenvalue weighted by molar-refractivity contribution is 0.928. The van der Waals surface area contributed by atoms with E-state index < -0.39 is 0 Å². The van der Waals surface area contributed by atoms with E-state index in [1.807, 2.05) is 84.1 Å². The summed E-state index contributed by atoms with van der Waals surface area (Å²) in [6, 6.07) is 25.3. The van der Waals surface area contributed by atoms with Gasteiger partial charge in [0, 0.05) is 16.7 Å². The Morgan fingerprint density at radius 1 is 0.941 bits per heavy atom. The Balaban J connectivity index is 1.52. The number of hydrogen-bond donors (Lipinski definition) is 0. The second-order valence-corrected chi connectivity index (χ2v) is 9.28. The first-order valence-electron chi connectivity index (χ1n) is 10.7. The average Bonchev–Trinajstić information content (AvgIpc) is 3.28. The third kappa shape index (κ3) is 3.36. The van der Waals surface area contributed by atoms with Gasteiger partial charge in [-0.15, -0.1) is 10.2 Å². The van der Waals surface area contributed by atoms with Crippen LogP contribution in [-0.2, 0) is 5.75 Å². The van der Waals surface area contributed by atoms with E-state index in [-0.39, 0.29) is 5.56 Å². The molecule has 0 aliphatic heterocycles. The van der Waals surface area contributed by atoms with Gasteiger partial charge in [-0.25, -0.2) is 9.55 Å². The molecule has 0 bridgehead atoms. The molecule has 34 heavy (non-hydrogen) atoms. The summed E-state index contributed by atoms with van der Waals surface area (Å²) < 4.78 is 3.58. The first kappa shape index (κ1) is 20.9. The molecule has 0 fully saturated rings. The molecule has 6 aromatic rings. The second-order valence-electron chi connectivity index (χ2n) is 7.98. The molecule has 0 N–H and O–H groups in total. The number of fused-ring (bicyclic) bond motifs is 4. The van der Waals surface area contributed by atoms with Crippen LogP contribution in [0.4, 0.5) is 0 Å². The van der Waals surface area contributed by atoms with Crippen LogP contribution >= 0.6 is 23.4 Å². The molecule has 6 nitrogen and oxygen atoms in total. The molecular formula is C26H18ClN5OS. The summed E-state index contributed by atoms with van der Waals surface area (Å²) in [6.45, 7) is 1.98. The molecule has 0 aliphatic rings. The molecule has 0 saturated heterocycles. The van der Waals surface area contributed by atoms with Crippen molar-refractivity contribution < 1.29 is 0 Å². The molecule has 0 saturated carbocycles. The van der Waals surface area contributed by atoms with Crippen LogP contribution in [0.2, 0.25) is 5.15 Å². The van der Waals surface area contributed by atoms with Crippen LogP contribution in [0, 0.1) is 6.92 Å². The first-order chi connectivity index (χ1) is 16.6. The van der Waals surface area contributed by atoms with Crippen LogP contribution in [0.5, 0.6) is 0 Å². The van der Waals surface area contributed by atoms with Gasteiger partial charge in [0.05, 0.1) is 22.1 Å². The number of pyridine rings is 1. The van der Waals surface area contributed by atoms with Gasteiger partial charge >= 0.3 is 0 Å². The third-order valence-corrected chi connectivity index (χ3v) is 7.16. The van der Waals surface area contributed by atoms with Crippen molar-refractivity contribution in [2.45, 2.75) is 17.8 Å². The van der Waals surface area contributed by atoms with Crippen molar-refractivity contribution in [1.82, 2.24) is 24.1 Å². The van der Waals surface area contributed by atoms with E-state index in [4.69, 9.17) is 11.6 Å². The Kier molecular flexibility index (Phi) is 5.08.